The van der Waals surface area contributed by atoms with Crippen molar-refractivity contribution in [2.45, 2.75) is 24.9 Å². The first kappa shape index (κ1) is 23.9. The zero-order valence-electron chi connectivity index (χ0n) is 20.5. The Morgan fingerprint density at radius 3 is 2.42 bits per heavy atom. The molecule has 0 bridgehead atoms. The summed E-state index contributed by atoms with van der Waals surface area (Å²) in [5.74, 6) is 1.63. The van der Waals surface area contributed by atoms with Crippen LogP contribution in [0.25, 0.3) is 17.1 Å². The topological polar surface area (TPSA) is 72.3 Å². The van der Waals surface area contributed by atoms with Crippen molar-refractivity contribution in [3.05, 3.63) is 78.4 Å². The van der Waals surface area contributed by atoms with E-state index in [4.69, 9.17) is 4.74 Å². The van der Waals surface area contributed by atoms with Gasteiger partial charge in [0.15, 0.2) is 11.0 Å². The molecule has 5 rings (SSSR count). The number of rotatable bonds is 8. The molecule has 1 N–H and O–H groups in total. The molecule has 1 aromatic heterocycles. The summed E-state index contributed by atoms with van der Waals surface area (Å²) in [4.78, 5) is 15.3. The van der Waals surface area contributed by atoms with Gasteiger partial charge in [0, 0.05) is 35.7 Å². The normalized spacial score (nSPS) is 13.1. The van der Waals surface area contributed by atoms with E-state index in [1.807, 2.05) is 72.2 Å². The van der Waals surface area contributed by atoms with Crippen LogP contribution in [0.2, 0.25) is 0 Å². The molecule has 0 aliphatic carbocycles. The highest BCUT2D eigenvalue weighted by Gasteiger charge is 2.18. The first-order chi connectivity index (χ1) is 17.6. The van der Waals surface area contributed by atoms with Gasteiger partial charge in [0.25, 0.3) is 0 Å². The number of para-hydroxylation sites is 1. The maximum atomic E-state index is 12.9. The fourth-order valence-corrected chi connectivity index (χ4v) is 5.13. The molecule has 7 nitrogen and oxygen atoms in total. The van der Waals surface area contributed by atoms with E-state index in [9.17, 15) is 4.79 Å². The van der Waals surface area contributed by atoms with Crippen molar-refractivity contribution in [2.75, 3.05) is 36.2 Å². The lowest BCUT2D eigenvalue weighted by Gasteiger charge is -2.19. The number of nitrogens with zero attached hydrogens (tertiary/aromatic N) is 4. The SMILES string of the molecule is COc1ccc(-c2nnc(SCC(=O)Nc3ccc(N4CCCC4)cc3C)n2-c2ccccc2)cc1. The summed E-state index contributed by atoms with van der Waals surface area (Å²) in [6, 6.07) is 23.9. The van der Waals surface area contributed by atoms with Crippen LogP contribution in [0, 0.1) is 6.92 Å². The molecule has 4 aromatic rings. The molecule has 184 valence electrons. The van der Waals surface area contributed by atoms with Crippen LogP contribution in [0.5, 0.6) is 5.75 Å². The van der Waals surface area contributed by atoms with Crippen molar-refractivity contribution >= 4 is 29.0 Å². The van der Waals surface area contributed by atoms with Gasteiger partial charge in [-0.2, -0.15) is 0 Å². The maximum Gasteiger partial charge on any atom is 0.234 e. The molecule has 0 radical (unpaired) electrons. The van der Waals surface area contributed by atoms with Crippen molar-refractivity contribution in [3.63, 3.8) is 0 Å². The Morgan fingerprint density at radius 2 is 1.72 bits per heavy atom. The van der Waals surface area contributed by atoms with Crippen LogP contribution in [0.4, 0.5) is 11.4 Å². The third-order valence-corrected chi connectivity index (χ3v) is 7.21. The number of carbonyl (C=O) groups is 1. The minimum absolute atomic E-state index is 0.0781. The summed E-state index contributed by atoms with van der Waals surface area (Å²) < 4.78 is 7.27. The zero-order chi connectivity index (χ0) is 24.9. The Bertz CT molecular complexity index is 1330. The average molecular weight is 500 g/mol. The Kier molecular flexibility index (Phi) is 7.23. The number of thioether (sulfide) groups is 1. The van der Waals surface area contributed by atoms with Crippen molar-refractivity contribution in [2.24, 2.45) is 0 Å². The Labute approximate surface area is 215 Å². The number of nitrogens with one attached hydrogen (secondary N) is 1. The maximum absolute atomic E-state index is 12.9. The fraction of sp³-hybridized carbons (Fsp3) is 0.250. The van der Waals surface area contributed by atoms with E-state index in [1.54, 1.807) is 7.11 Å². The standard InChI is InChI=1S/C28H29N5O2S/c1-20-18-23(32-16-6-7-17-32)12-15-25(20)29-26(34)19-36-28-31-30-27(21-10-13-24(35-2)14-11-21)33(28)22-8-4-3-5-9-22/h3-5,8-15,18H,6-7,16-17,19H2,1-2H3,(H,29,34). The second-order valence-electron chi connectivity index (χ2n) is 8.74. The number of anilines is 2. The van der Waals surface area contributed by atoms with E-state index in [0.717, 1.165) is 41.3 Å². The summed E-state index contributed by atoms with van der Waals surface area (Å²) in [6.45, 7) is 4.24. The molecule has 8 heteroatoms. The average Bonchev–Trinajstić information content (AvgIpc) is 3.60. The first-order valence-electron chi connectivity index (χ1n) is 12.1. The van der Waals surface area contributed by atoms with Gasteiger partial charge in [-0.3, -0.25) is 9.36 Å². The van der Waals surface area contributed by atoms with Gasteiger partial charge in [-0.15, -0.1) is 10.2 Å². The van der Waals surface area contributed by atoms with Gasteiger partial charge in [-0.05, 0) is 79.9 Å². The highest BCUT2D eigenvalue weighted by molar-refractivity contribution is 7.99. The van der Waals surface area contributed by atoms with Gasteiger partial charge >= 0.3 is 0 Å². The lowest BCUT2D eigenvalue weighted by Crippen LogP contribution is -2.18. The summed E-state index contributed by atoms with van der Waals surface area (Å²) >= 11 is 1.37. The number of hydrogen-bond donors (Lipinski definition) is 1. The molecule has 1 amide bonds. The van der Waals surface area contributed by atoms with Crippen LogP contribution in [0.1, 0.15) is 18.4 Å². The molecule has 1 aliphatic heterocycles. The van der Waals surface area contributed by atoms with Crippen molar-refractivity contribution in [1.82, 2.24) is 14.8 Å². The van der Waals surface area contributed by atoms with Gasteiger partial charge in [0.05, 0.1) is 12.9 Å². The predicted octanol–water partition coefficient (Wildman–Crippen LogP) is 5.58. The quantitative estimate of drug-likeness (QED) is 0.319. The Morgan fingerprint density at radius 1 is 0.972 bits per heavy atom. The lowest BCUT2D eigenvalue weighted by molar-refractivity contribution is -0.113. The largest absolute Gasteiger partial charge is 0.497 e. The minimum atomic E-state index is -0.0781. The molecule has 1 saturated heterocycles. The number of carbonyl (C=O) groups excluding carboxylic acids is 1. The van der Waals surface area contributed by atoms with Crippen LogP contribution < -0.4 is 15.0 Å². The highest BCUT2D eigenvalue weighted by Crippen LogP contribution is 2.30. The number of benzene rings is 3. The van der Waals surface area contributed by atoms with Crippen LogP contribution in [0.15, 0.2) is 78.0 Å². The van der Waals surface area contributed by atoms with Crippen molar-refractivity contribution in [3.8, 4) is 22.8 Å². The highest BCUT2D eigenvalue weighted by atomic mass is 32.2. The molecule has 0 unspecified atom stereocenters. The number of methoxy groups -OCH3 is 1. The molecular weight excluding hydrogens is 470 g/mol. The van der Waals surface area contributed by atoms with E-state index >= 15 is 0 Å². The lowest BCUT2D eigenvalue weighted by atomic mass is 10.1. The molecule has 0 atom stereocenters. The van der Waals surface area contributed by atoms with Crippen molar-refractivity contribution in [1.29, 1.82) is 0 Å². The van der Waals surface area contributed by atoms with Crippen LogP contribution >= 0.6 is 11.8 Å². The smallest absolute Gasteiger partial charge is 0.234 e. The monoisotopic (exact) mass is 499 g/mol. The van der Waals surface area contributed by atoms with Crippen LogP contribution in [-0.4, -0.2) is 46.6 Å². The van der Waals surface area contributed by atoms with Gasteiger partial charge in [-0.25, -0.2) is 0 Å². The van der Waals surface area contributed by atoms with Crippen LogP contribution in [0.3, 0.4) is 0 Å². The summed E-state index contributed by atoms with van der Waals surface area (Å²) in [5.41, 5.74) is 4.97. The van der Waals surface area contributed by atoms with Gasteiger partial charge in [0.1, 0.15) is 5.75 Å². The zero-order valence-corrected chi connectivity index (χ0v) is 21.3. The molecule has 0 spiro atoms. The molecule has 2 heterocycles. The Hall–Kier alpha value is -3.78. The number of aryl methyl sites for hydroxylation is 1. The third kappa shape index (κ3) is 5.23. The molecule has 3 aromatic carbocycles. The second-order valence-corrected chi connectivity index (χ2v) is 9.68. The number of amides is 1. The van der Waals surface area contributed by atoms with E-state index in [1.165, 1.54) is 30.3 Å². The van der Waals surface area contributed by atoms with E-state index in [2.05, 4.69) is 32.5 Å². The van der Waals surface area contributed by atoms with Gasteiger partial charge in [0.2, 0.25) is 5.91 Å². The number of hydrogen-bond acceptors (Lipinski definition) is 6. The minimum Gasteiger partial charge on any atom is -0.497 e. The molecule has 1 fully saturated rings. The summed E-state index contributed by atoms with van der Waals surface area (Å²) in [6.07, 6.45) is 2.48. The van der Waals surface area contributed by atoms with Crippen molar-refractivity contribution < 1.29 is 9.53 Å². The third-order valence-electron chi connectivity index (χ3n) is 6.28. The first-order valence-corrected chi connectivity index (χ1v) is 13.0. The fourth-order valence-electron chi connectivity index (χ4n) is 4.38. The molecule has 1 aliphatic rings. The van der Waals surface area contributed by atoms with E-state index in [-0.39, 0.29) is 11.7 Å². The molecule has 36 heavy (non-hydrogen) atoms. The van der Waals surface area contributed by atoms with E-state index in [0.29, 0.717) is 11.0 Å². The summed E-state index contributed by atoms with van der Waals surface area (Å²) in [5, 5.41) is 12.6. The summed E-state index contributed by atoms with van der Waals surface area (Å²) in [7, 11) is 1.64. The number of ether oxygens (including phenoxy) is 1. The predicted molar refractivity (Wildman–Crippen MR) is 145 cm³/mol. The Balaban J connectivity index is 1.32. The molecule has 0 saturated carbocycles. The number of aromatic nitrogens is 3. The van der Waals surface area contributed by atoms with Crippen LogP contribution in [-0.2, 0) is 4.79 Å². The molecular formula is C28H29N5O2S. The van der Waals surface area contributed by atoms with Gasteiger partial charge in [-0.1, -0.05) is 30.0 Å². The van der Waals surface area contributed by atoms with Gasteiger partial charge < -0.3 is 15.0 Å². The van der Waals surface area contributed by atoms with E-state index < -0.39 is 0 Å². The second kappa shape index (κ2) is 10.9.